The lowest BCUT2D eigenvalue weighted by molar-refractivity contribution is -0.274. The predicted molar refractivity (Wildman–Crippen MR) is 160 cm³/mol. The normalized spacial score (nSPS) is 12.5. The van der Waals surface area contributed by atoms with Gasteiger partial charge in [0, 0.05) is 27.7 Å². The lowest BCUT2D eigenvalue weighted by Crippen LogP contribution is -2.49. The van der Waals surface area contributed by atoms with Crippen LogP contribution in [0.3, 0.4) is 0 Å². The molecule has 2 amide bonds. The van der Waals surface area contributed by atoms with Gasteiger partial charge in [0.1, 0.15) is 22.7 Å². The number of aromatic nitrogens is 1. The summed E-state index contributed by atoms with van der Waals surface area (Å²) in [5, 5.41) is 3.64. The third-order valence-electron chi connectivity index (χ3n) is 6.45. The van der Waals surface area contributed by atoms with Crippen LogP contribution in [0.25, 0.3) is 10.9 Å². The summed E-state index contributed by atoms with van der Waals surface area (Å²) in [6.45, 7) is 9.18. The Morgan fingerprint density at radius 2 is 1.63 bits per heavy atom. The molecule has 226 valence electrons. The third-order valence-corrected chi connectivity index (χ3v) is 6.75. The van der Waals surface area contributed by atoms with Crippen LogP contribution in [0.4, 0.5) is 18.9 Å². The van der Waals surface area contributed by atoms with E-state index in [1.165, 1.54) is 30.2 Å². The number of hydrogen-bond donors (Lipinski definition) is 1. The van der Waals surface area contributed by atoms with Crippen molar-refractivity contribution in [2.24, 2.45) is 0 Å². The molecule has 43 heavy (non-hydrogen) atoms. The first kappa shape index (κ1) is 31.6. The molecule has 0 spiro atoms. The van der Waals surface area contributed by atoms with Crippen molar-refractivity contribution in [2.45, 2.75) is 52.6 Å². The fourth-order valence-electron chi connectivity index (χ4n) is 4.74. The van der Waals surface area contributed by atoms with Gasteiger partial charge in [-0.2, -0.15) is 0 Å². The van der Waals surface area contributed by atoms with E-state index in [-0.39, 0.29) is 22.0 Å². The quantitative estimate of drug-likeness (QED) is 0.216. The largest absolute Gasteiger partial charge is 0.573 e. The van der Waals surface area contributed by atoms with Crippen molar-refractivity contribution < 1.29 is 32.2 Å². The van der Waals surface area contributed by atoms with Crippen molar-refractivity contribution in [3.8, 4) is 11.5 Å². The number of aryl methyl sites for hydroxylation is 2. The fraction of sp³-hybridized carbons (Fsp3) is 0.281. The number of fused-ring (bicyclic) bond motifs is 1. The summed E-state index contributed by atoms with van der Waals surface area (Å²) in [7, 11) is 1.45. The van der Waals surface area contributed by atoms with Gasteiger partial charge in [0.2, 0.25) is 5.91 Å². The minimum Gasteiger partial charge on any atom is -0.497 e. The summed E-state index contributed by atoms with van der Waals surface area (Å²) in [6, 6.07) is 15.2. The van der Waals surface area contributed by atoms with Crippen LogP contribution in [0.1, 0.15) is 53.9 Å². The molecule has 4 aromatic rings. The smallest absolute Gasteiger partial charge is 0.497 e. The number of halogens is 4. The van der Waals surface area contributed by atoms with E-state index in [0.29, 0.717) is 11.3 Å². The lowest BCUT2D eigenvalue weighted by atomic mass is 9.97. The van der Waals surface area contributed by atoms with Crippen molar-refractivity contribution in [3.63, 3.8) is 0 Å². The van der Waals surface area contributed by atoms with E-state index in [1.807, 2.05) is 26.0 Å². The van der Waals surface area contributed by atoms with Crippen molar-refractivity contribution >= 4 is 40.0 Å². The number of benzene rings is 3. The SMILES string of the molecule is COc1cccc(C(=O)N(c2ccc(OC(F)(F)F)cc2)C(C(=O)NC(C)(C)C)c2cc3c(C)cc(C)cc3nc2Cl)c1. The Hall–Kier alpha value is -4.31. The molecule has 0 aliphatic rings. The number of alkyl halides is 3. The number of nitrogens with one attached hydrogen (secondary N) is 1. The number of carbonyl (C=O) groups is 2. The molecular formula is C32H31ClF3N3O4. The lowest BCUT2D eigenvalue weighted by Gasteiger charge is -2.34. The number of nitrogens with zero attached hydrogens (tertiary/aromatic N) is 2. The second kappa shape index (κ2) is 12.1. The van der Waals surface area contributed by atoms with E-state index in [9.17, 15) is 22.8 Å². The number of carbonyl (C=O) groups excluding carboxylic acids is 2. The molecule has 0 bridgehead atoms. The molecule has 1 aromatic heterocycles. The van der Waals surface area contributed by atoms with Crippen LogP contribution in [0.15, 0.2) is 66.7 Å². The zero-order chi connectivity index (χ0) is 31.7. The second-order valence-electron chi connectivity index (χ2n) is 11.1. The van der Waals surface area contributed by atoms with Crippen molar-refractivity contribution in [1.82, 2.24) is 10.3 Å². The molecule has 0 radical (unpaired) electrons. The van der Waals surface area contributed by atoms with Crippen LogP contribution in [0.2, 0.25) is 5.15 Å². The average Bonchev–Trinajstić information content (AvgIpc) is 2.90. The molecule has 1 atom stereocenters. The Morgan fingerprint density at radius 1 is 0.953 bits per heavy atom. The summed E-state index contributed by atoms with van der Waals surface area (Å²) in [6.07, 6.45) is -4.91. The fourth-order valence-corrected chi connectivity index (χ4v) is 4.99. The minimum atomic E-state index is -4.91. The number of hydrogen-bond acceptors (Lipinski definition) is 5. The molecule has 11 heteroatoms. The molecule has 4 rings (SSSR count). The van der Waals surface area contributed by atoms with E-state index in [2.05, 4.69) is 15.0 Å². The Bertz CT molecular complexity index is 1670. The van der Waals surface area contributed by atoms with Gasteiger partial charge in [0.15, 0.2) is 0 Å². The molecule has 0 fully saturated rings. The molecule has 0 aliphatic carbocycles. The van der Waals surface area contributed by atoms with Crippen molar-refractivity contribution in [1.29, 1.82) is 0 Å². The maximum absolute atomic E-state index is 14.3. The van der Waals surface area contributed by atoms with Crippen molar-refractivity contribution in [2.75, 3.05) is 12.0 Å². The first-order valence-corrected chi connectivity index (χ1v) is 13.7. The molecule has 1 N–H and O–H groups in total. The first-order chi connectivity index (χ1) is 20.1. The van der Waals surface area contributed by atoms with E-state index in [0.717, 1.165) is 28.6 Å². The standard InChI is InChI=1S/C32H31ClF3N3O4/c1-18-14-19(2)24-17-25(28(33)37-26(24)15-18)27(29(40)38-31(3,4)5)39(30(41)20-8-7-9-23(16-20)42-6)21-10-12-22(13-11-21)43-32(34,35)36/h7-17,27H,1-6H3,(H,38,40). The zero-order valence-corrected chi connectivity index (χ0v) is 25.2. The molecule has 1 unspecified atom stereocenters. The van der Waals surface area contributed by atoms with E-state index < -0.39 is 35.5 Å². The average molecular weight is 614 g/mol. The molecular weight excluding hydrogens is 583 g/mol. The van der Waals surface area contributed by atoms with Crippen LogP contribution in [0, 0.1) is 13.8 Å². The van der Waals surface area contributed by atoms with Crippen molar-refractivity contribution in [3.05, 3.63) is 94.1 Å². The van der Waals surface area contributed by atoms with Gasteiger partial charge >= 0.3 is 6.36 Å². The maximum Gasteiger partial charge on any atom is 0.573 e. The van der Waals surface area contributed by atoms with Gasteiger partial charge in [-0.25, -0.2) is 4.98 Å². The Kier molecular flexibility index (Phi) is 8.92. The zero-order valence-electron chi connectivity index (χ0n) is 24.5. The van der Waals surface area contributed by atoms with Gasteiger partial charge in [-0.05, 0) is 100 Å². The highest BCUT2D eigenvalue weighted by Gasteiger charge is 2.37. The van der Waals surface area contributed by atoms with Crippen LogP contribution in [-0.4, -0.2) is 35.8 Å². The number of ether oxygens (including phenoxy) is 2. The van der Waals surface area contributed by atoms with E-state index >= 15 is 0 Å². The molecule has 3 aromatic carbocycles. The molecule has 1 heterocycles. The monoisotopic (exact) mass is 613 g/mol. The van der Waals surface area contributed by atoms with Gasteiger partial charge in [-0.15, -0.1) is 13.2 Å². The van der Waals surface area contributed by atoms with Gasteiger partial charge < -0.3 is 14.8 Å². The Morgan fingerprint density at radius 3 is 2.23 bits per heavy atom. The molecule has 0 saturated carbocycles. The summed E-state index contributed by atoms with van der Waals surface area (Å²) >= 11 is 6.75. The summed E-state index contributed by atoms with van der Waals surface area (Å²) in [4.78, 5) is 34.2. The highest BCUT2D eigenvalue weighted by Crippen LogP contribution is 2.37. The topological polar surface area (TPSA) is 80.8 Å². The minimum absolute atomic E-state index is 0.00738. The third kappa shape index (κ3) is 7.56. The first-order valence-electron chi connectivity index (χ1n) is 13.3. The highest BCUT2D eigenvalue weighted by atomic mass is 35.5. The Balaban J connectivity index is 1.98. The van der Waals surface area contributed by atoms with Crippen LogP contribution in [-0.2, 0) is 4.79 Å². The van der Waals surface area contributed by atoms with E-state index in [4.69, 9.17) is 16.3 Å². The highest BCUT2D eigenvalue weighted by molar-refractivity contribution is 6.31. The van der Waals surface area contributed by atoms with E-state index in [1.54, 1.807) is 45.0 Å². The summed E-state index contributed by atoms with van der Waals surface area (Å²) in [5.41, 5.74) is 2.27. The number of pyridine rings is 1. The van der Waals surface area contributed by atoms with Crippen LogP contribution < -0.4 is 19.7 Å². The molecule has 0 aliphatic heterocycles. The summed E-state index contributed by atoms with van der Waals surface area (Å²) in [5.74, 6) is -1.30. The number of amides is 2. The number of methoxy groups -OCH3 is 1. The molecule has 0 saturated heterocycles. The number of rotatable bonds is 7. The van der Waals surface area contributed by atoms with Crippen LogP contribution >= 0.6 is 11.6 Å². The number of anilines is 1. The molecule has 7 nitrogen and oxygen atoms in total. The van der Waals surface area contributed by atoms with Gasteiger partial charge in [0.25, 0.3) is 5.91 Å². The van der Waals surface area contributed by atoms with Gasteiger partial charge in [-0.1, -0.05) is 23.7 Å². The second-order valence-corrected chi connectivity index (χ2v) is 11.5. The van der Waals surface area contributed by atoms with Gasteiger partial charge in [-0.3, -0.25) is 14.5 Å². The summed E-state index contributed by atoms with van der Waals surface area (Å²) < 4.78 is 48.0. The Labute approximate surface area is 252 Å². The predicted octanol–water partition coefficient (Wildman–Crippen LogP) is 7.72. The maximum atomic E-state index is 14.3. The van der Waals surface area contributed by atoms with Crippen LogP contribution in [0.5, 0.6) is 11.5 Å². The van der Waals surface area contributed by atoms with Gasteiger partial charge in [0.05, 0.1) is 12.6 Å².